The number of rotatable bonds is 5. The number of benzene rings is 1. The van der Waals surface area contributed by atoms with Crippen molar-refractivity contribution in [3.8, 4) is 0 Å². The van der Waals surface area contributed by atoms with Crippen molar-refractivity contribution < 1.29 is 9.90 Å². The topological polar surface area (TPSA) is 42.2 Å². The molecule has 0 aliphatic carbocycles. The Labute approximate surface area is 124 Å². The summed E-state index contributed by atoms with van der Waals surface area (Å²) in [7, 11) is 0. The summed E-state index contributed by atoms with van der Waals surface area (Å²) in [6.45, 7) is 8.61. The molecule has 0 saturated carbocycles. The summed E-state index contributed by atoms with van der Waals surface area (Å²) in [6, 6.07) is 5.73. The van der Waals surface area contributed by atoms with E-state index in [4.69, 9.17) is 5.11 Å². The lowest BCUT2D eigenvalue weighted by Crippen LogP contribution is -2.00. The average molecular weight is 291 g/mol. The molecule has 0 amide bonds. The highest BCUT2D eigenvalue weighted by atomic mass is 32.2. The third-order valence-corrected chi connectivity index (χ3v) is 4.44. The lowest BCUT2D eigenvalue weighted by Gasteiger charge is -2.09. The minimum atomic E-state index is -0.874. The third kappa shape index (κ3) is 3.01. The van der Waals surface area contributed by atoms with Gasteiger partial charge in [-0.2, -0.15) is 11.8 Å². The highest BCUT2D eigenvalue weighted by Crippen LogP contribution is 2.29. The molecule has 0 saturated heterocycles. The molecule has 0 unspecified atom stereocenters. The molecule has 0 spiro atoms. The molecule has 4 heteroatoms. The Morgan fingerprint density at radius 2 is 2.00 bits per heavy atom. The summed E-state index contributed by atoms with van der Waals surface area (Å²) in [5.74, 6) is 0.0850. The molecule has 0 aliphatic rings. The molecule has 1 aromatic carbocycles. The van der Waals surface area contributed by atoms with Gasteiger partial charge < -0.3 is 9.67 Å². The van der Waals surface area contributed by atoms with Gasteiger partial charge in [0, 0.05) is 28.9 Å². The zero-order valence-corrected chi connectivity index (χ0v) is 13.2. The number of aromatic nitrogens is 1. The summed E-state index contributed by atoms with van der Waals surface area (Å²) in [5, 5.41) is 10.9. The Morgan fingerprint density at radius 3 is 2.55 bits per heavy atom. The van der Waals surface area contributed by atoms with Crippen LogP contribution in [0.2, 0.25) is 0 Å². The van der Waals surface area contributed by atoms with Crippen LogP contribution in [0.4, 0.5) is 0 Å². The number of hydrogen-bond donors (Lipinski definition) is 1. The number of carbonyl (C=O) groups is 1. The summed E-state index contributed by atoms with van der Waals surface area (Å²) >= 11 is 1.91. The Kier molecular flexibility index (Phi) is 4.43. The van der Waals surface area contributed by atoms with Gasteiger partial charge in [0.25, 0.3) is 0 Å². The van der Waals surface area contributed by atoms with Gasteiger partial charge in [-0.3, -0.25) is 0 Å². The zero-order valence-electron chi connectivity index (χ0n) is 12.4. The average Bonchev–Trinajstić information content (AvgIpc) is 2.74. The van der Waals surface area contributed by atoms with Gasteiger partial charge in [-0.05, 0) is 36.8 Å². The molecule has 2 aromatic rings. The van der Waals surface area contributed by atoms with Gasteiger partial charge in [-0.15, -0.1) is 0 Å². The van der Waals surface area contributed by atoms with E-state index in [1.807, 2.05) is 17.8 Å². The summed E-state index contributed by atoms with van der Waals surface area (Å²) < 4.78 is 2.16. The molecule has 2 rings (SSSR count). The van der Waals surface area contributed by atoms with E-state index in [1.54, 1.807) is 12.1 Å². The van der Waals surface area contributed by atoms with Gasteiger partial charge in [0.1, 0.15) is 0 Å². The molecule has 108 valence electrons. The fourth-order valence-corrected chi connectivity index (χ4v) is 3.00. The van der Waals surface area contributed by atoms with Gasteiger partial charge in [-0.1, -0.05) is 19.9 Å². The maximum atomic E-state index is 11.1. The zero-order chi connectivity index (χ0) is 14.9. The molecule has 20 heavy (non-hydrogen) atoms. The number of fused-ring (bicyclic) bond motifs is 1. The van der Waals surface area contributed by atoms with E-state index in [2.05, 4.69) is 38.5 Å². The molecule has 1 N–H and O–H groups in total. The third-order valence-electron chi connectivity index (χ3n) is 3.29. The molecule has 0 fully saturated rings. The fraction of sp³-hybridized carbons (Fsp3) is 0.438. The monoisotopic (exact) mass is 291 g/mol. The molecular weight excluding hydrogens is 270 g/mol. The van der Waals surface area contributed by atoms with Crippen molar-refractivity contribution in [2.24, 2.45) is 0 Å². The number of hydrogen-bond acceptors (Lipinski definition) is 2. The van der Waals surface area contributed by atoms with Crippen LogP contribution >= 0.6 is 11.8 Å². The first-order valence-electron chi connectivity index (χ1n) is 6.88. The molecule has 0 aliphatic heterocycles. The lowest BCUT2D eigenvalue weighted by atomic mass is 10.1. The maximum Gasteiger partial charge on any atom is 0.335 e. The largest absolute Gasteiger partial charge is 0.478 e. The van der Waals surface area contributed by atoms with Crippen LogP contribution in [0.5, 0.6) is 0 Å². The molecule has 0 radical (unpaired) electrons. The van der Waals surface area contributed by atoms with Gasteiger partial charge in [0.2, 0.25) is 0 Å². The van der Waals surface area contributed by atoms with Crippen molar-refractivity contribution in [3.63, 3.8) is 0 Å². The standard InChI is InChI=1S/C16H21NO2S/c1-10(2)17-8-13(9-20-11(3)4)14-6-5-12(16(18)19)7-15(14)17/h5-8,10-11H,9H2,1-4H3,(H,18,19). The second-order valence-electron chi connectivity index (χ2n) is 5.55. The number of aromatic carboxylic acids is 1. The quantitative estimate of drug-likeness (QED) is 0.878. The van der Waals surface area contributed by atoms with Crippen LogP contribution in [0.3, 0.4) is 0 Å². The van der Waals surface area contributed by atoms with E-state index < -0.39 is 5.97 Å². The van der Waals surface area contributed by atoms with E-state index in [0.717, 1.165) is 16.7 Å². The van der Waals surface area contributed by atoms with E-state index >= 15 is 0 Å². The van der Waals surface area contributed by atoms with Crippen LogP contribution in [-0.4, -0.2) is 20.9 Å². The second-order valence-corrected chi connectivity index (χ2v) is 7.12. The lowest BCUT2D eigenvalue weighted by molar-refractivity contribution is 0.0697. The molecule has 3 nitrogen and oxygen atoms in total. The van der Waals surface area contributed by atoms with E-state index in [1.165, 1.54) is 5.56 Å². The van der Waals surface area contributed by atoms with Gasteiger partial charge in [-0.25, -0.2) is 4.79 Å². The van der Waals surface area contributed by atoms with E-state index in [0.29, 0.717) is 16.9 Å². The normalized spacial score (nSPS) is 11.7. The first-order valence-corrected chi connectivity index (χ1v) is 7.93. The van der Waals surface area contributed by atoms with Crippen LogP contribution in [-0.2, 0) is 5.75 Å². The van der Waals surface area contributed by atoms with Gasteiger partial charge in [0.15, 0.2) is 0 Å². The van der Waals surface area contributed by atoms with Crippen molar-refractivity contribution in [1.29, 1.82) is 0 Å². The Balaban J connectivity index is 2.52. The number of thioether (sulfide) groups is 1. The summed E-state index contributed by atoms with van der Waals surface area (Å²) in [5.41, 5.74) is 2.64. The van der Waals surface area contributed by atoms with E-state index in [9.17, 15) is 4.79 Å². The van der Waals surface area contributed by atoms with Crippen molar-refractivity contribution in [2.45, 2.75) is 44.7 Å². The number of carboxylic acid groups (broad SMARTS) is 1. The second kappa shape index (κ2) is 5.92. The molecule has 1 heterocycles. The maximum absolute atomic E-state index is 11.1. The summed E-state index contributed by atoms with van der Waals surface area (Å²) in [6.07, 6.45) is 2.16. The predicted molar refractivity (Wildman–Crippen MR) is 85.7 cm³/mol. The Morgan fingerprint density at radius 1 is 1.30 bits per heavy atom. The van der Waals surface area contributed by atoms with Crippen molar-refractivity contribution >= 4 is 28.6 Å². The fourth-order valence-electron chi connectivity index (χ4n) is 2.26. The number of nitrogens with zero attached hydrogens (tertiary/aromatic N) is 1. The highest BCUT2D eigenvalue weighted by molar-refractivity contribution is 7.99. The van der Waals surface area contributed by atoms with Crippen LogP contribution in [0.25, 0.3) is 10.9 Å². The molecule has 0 bridgehead atoms. The molecule has 1 aromatic heterocycles. The minimum Gasteiger partial charge on any atom is -0.478 e. The van der Waals surface area contributed by atoms with Crippen LogP contribution in [0, 0.1) is 0 Å². The minimum absolute atomic E-state index is 0.319. The smallest absolute Gasteiger partial charge is 0.335 e. The van der Waals surface area contributed by atoms with Gasteiger partial charge >= 0.3 is 5.97 Å². The Hall–Kier alpha value is -1.42. The van der Waals surface area contributed by atoms with Gasteiger partial charge in [0.05, 0.1) is 5.56 Å². The summed E-state index contributed by atoms with van der Waals surface area (Å²) in [4.78, 5) is 11.1. The van der Waals surface area contributed by atoms with Crippen molar-refractivity contribution in [1.82, 2.24) is 4.57 Å². The van der Waals surface area contributed by atoms with Crippen LogP contribution in [0.15, 0.2) is 24.4 Å². The van der Waals surface area contributed by atoms with Crippen molar-refractivity contribution in [2.75, 3.05) is 0 Å². The first kappa shape index (κ1) is 15.0. The van der Waals surface area contributed by atoms with Crippen LogP contribution < -0.4 is 0 Å². The Bertz CT molecular complexity index is 629. The first-order chi connectivity index (χ1) is 9.40. The van der Waals surface area contributed by atoms with Crippen molar-refractivity contribution in [3.05, 3.63) is 35.5 Å². The van der Waals surface area contributed by atoms with Crippen LogP contribution in [0.1, 0.15) is 49.7 Å². The molecule has 0 atom stereocenters. The highest BCUT2D eigenvalue weighted by Gasteiger charge is 2.13. The number of carboxylic acids is 1. The van der Waals surface area contributed by atoms with E-state index in [-0.39, 0.29) is 0 Å². The SMILES string of the molecule is CC(C)SCc1cn(C(C)C)c2cc(C(=O)O)ccc12. The predicted octanol–water partition coefficient (Wildman–Crippen LogP) is 4.56. The molecular formula is C16H21NO2S.